The molecule has 5 heterocycles. The minimum absolute atomic E-state index is 0.0688. The Labute approximate surface area is 204 Å². The summed E-state index contributed by atoms with van der Waals surface area (Å²) in [7, 11) is 0. The van der Waals surface area contributed by atoms with E-state index in [1.165, 1.54) is 19.4 Å². The molecular weight excluding hydrogens is 460 g/mol. The van der Waals surface area contributed by atoms with Crippen molar-refractivity contribution in [2.45, 2.75) is 19.9 Å². The summed E-state index contributed by atoms with van der Waals surface area (Å²) in [6.45, 7) is 4.14. The Morgan fingerprint density at radius 3 is 2.67 bits per heavy atom. The highest BCUT2D eigenvalue weighted by molar-refractivity contribution is 5.98. The molecule has 36 heavy (non-hydrogen) atoms. The average molecular weight is 483 g/mol. The molecule has 0 amide bonds. The van der Waals surface area contributed by atoms with Gasteiger partial charge in [0.2, 0.25) is 5.95 Å². The number of ketones is 1. The van der Waals surface area contributed by atoms with E-state index in [2.05, 4.69) is 32.1 Å². The zero-order valence-electron chi connectivity index (χ0n) is 19.5. The average Bonchev–Trinajstić information content (AvgIpc) is 3.53. The van der Waals surface area contributed by atoms with Crippen LogP contribution >= 0.6 is 0 Å². The lowest BCUT2D eigenvalue weighted by molar-refractivity contribution is 0.101. The first-order valence-corrected chi connectivity index (χ1v) is 11.4. The summed E-state index contributed by atoms with van der Waals surface area (Å²) >= 11 is 0. The predicted octanol–water partition coefficient (Wildman–Crippen LogP) is 2.04. The molecule has 5 aromatic rings. The number of nitrogen functional groups attached to an aromatic ring is 1. The number of fused-ring (bicyclic) bond motifs is 1. The lowest BCUT2D eigenvalue weighted by atomic mass is 9.88. The lowest BCUT2D eigenvalue weighted by Gasteiger charge is -2.47. The summed E-state index contributed by atoms with van der Waals surface area (Å²) < 4.78 is 3.18. The first-order chi connectivity index (χ1) is 17.4. The molecule has 6 rings (SSSR count). The van der Waals surface area contributed by atoms with Crippen LogP contribution < -0.4 is 16.2 Å². The Morgan fingerprint density at radius 2 is 1.97 bits per heavy atom. The number of anilines is 2. The number of carbonyl (C=O) groups excluding carboxylic acids is 1. The lowest BCUT2D eigenvalue weighted by Crippen LogP contribution is -2.52. The molecule has 12 heteroatoms. The van der Waals surface area contributed by atoms with Crippen LogP contribution in [0.15, 0.2) is 59.9 Å². The summed E-state index contributed by atoms with van der Waals surface area (Å²) in [6, 6.07) is 10.8. The number of Topliss-reactive ketones (excluding diaryl/α,β-unsaturated/α-hetero) is 1. The van der Waals surface area contributed by atoms with E-state index < -0.39 is 0 Å². The van der Waals surface area contributed by atoms with Crippen molar-refractivity contribution in [3.63, 3.8) is 0 Å². The van der Waals surface area contributed by atoms with E-state index in [9.17, 15) is 9.59 Å². The van der Waals surface area contributed by atoms with E-state index in [1.807, 2.05) is 35.2 Å². The second kappa shape index (κ2) is 8.12. The summed E-state index contributed by atoms with van der Waals surface area (Å²) in [5, 5.41) is 11.6. The maximum atomic E-state index is 14.1. The van der Waals surface area contributed by atoms with Gasteiger partial charge < -0.3 is 10.6 Å². The molecule has 3 N–H and O–H groups in total. The number of hydrogen-bond donors (Lipinski definition) is 2. The summed E-state index contributed by atoms with van der Waals surface area (Å²) in [4.78, 5) is 41.0. The number of aromatic amines is 1. The third-order valence-electron chi connectivity index (χ3n) is 6.46. The van der Waals surface area contributed by atoms with E-state index in [-0.39, 0.29) is 29.3 Å². The monoisotopic (exact) mass is 482 g/mol. The van der Waals surface area contributed by atoms with E-state index in [0.717, 1.165) is 0 Å². The molecule has 1 aromatic carbocycles. The van der Waals surface area contributed by atoms with Gasteiger partial charge in [0.25, 0.3) is 5.56 Å². The largest absolute Gasteiger partial charge is 0.368 e. The molecule has 4 aromatic heterocycles. The number of nitrogens with zero attached hydrogens (tertiary/aromatic N) is 8. The van der Waals surface area contributed by atoms with Crippen molar-refractivity contribution in [2.75, 3.05) is 17.2 Å². The fraction of sp³-hybridized carbons (Fsp3) is 0.208. The van der Waals surface area contributed by atoms with Gasteiger partial charge in [-0.3, -0.25) is 19.3 Å². The summed E-state index contributed by atoms with van der Waals surface area (Å²) in [5.74, 6) is 1.44. The van der Waals surface area contributed by atoms with Crippen molar-refractivity contribution < 1.29 is 4.79 Å². The minimum Gasteiger partial charge on any atom is -0.368 e. The van der Waals surface area contributed by atoms with Crippen LogP contribution in [0.2, 0.25) is 0 Å². The van der Waals surface area contributed by atoms with Gasteiger partial charge in [-0.25, -0.2) is 14.5 Å². The molecule has 1 aliphatic rings. The Hall–Kier alpha value is -4.87. The highest BCUT2D eigenvalue weighted by Gasteiger charge is 2.43. The van der Waals surface area contributed by atoms with Crippen molar-refractivity contribution in [1.82, 2.24) is 39.3 Å². The van der Waals surface area contributed by atoms with Gasteiger partial charge in [0.1, 0.15) is 17.7 Å². The van der Waals surface area contributed by atoms with Gasteiger partial charge in [-0.15, -0.1) is 0 Å². The first kappa shape index (κ1) is 21.6. The standard InChI is InChI=1S/C24H22N10O2/c1-13-11-32(21-17(14(2)35)10-26-24(25)29-21)18(13)22-31-33-9-8-16(20-27-12-28-30-20)19(33)23(36)34(22)15-6-4-3-5-7-15/h3-10,12-13,18H,11H2,1-2H3,(H2,25,26,29)(H,27,28,30)/t13-,18?/m0/s1. The number of H-pyrrole nitrogens is 1. The van der Waals surface area contributed by atoms with Crippen LogP contribution in [-0.2, 0) is 0 Å². The molecule has 0 aliphatic carbocycles. The number of aromatic nitrogens is 8. The third kappa shape index (κ3) is 3.26. The Morgan fingerprint density at radius 1 is 1.17 bits per heavy atom. The predicted molar refractivity (Wildman–Crippen MR) is 132 cm³/mol. The normalized spacial score (nSPS) is 17.3. The Bertz CT molecular complexity index is 1660. The second-order valence-corrected chi connectivity index (χ2v) is 8.79. The first-order valence-electron chi connectivity index (χ1n) is 11.4. The number of rotatable bonds is 5. The van der Waals surface area contributed by atoms with Crippen molar-refractivity contribution in [3.8, 4) is 17.1 Å². The molecular formula is C24H22N10O2. The molecule has 1 saturated heterocycles. The van der Waals surface area contributed by atoms with Crippen LogP contribution in [0.3, 0.4) is 0 Å². The maximum Gasteiger partial charge on any atom is 0.283 e. The van der Waals surface area contributed by atoms with Crippen LogP contribution in [-0.4, -0.2) is 51.7 Å². The van der Waals surface area contributed by atoms with Crippen molar-refractivity contribution >= 4 is 23.1 Å². The van der Waals surface area contributed by atoms with Crippen LogP contribution in [0.4, 0.5) is 11.8 Å². The third-order valence-corrected chi connectivity index (χ3v) is 6.46. The van der Waals surface area contributed by atoms with E-state index in [4.69, 9.17) is 10.8 Å². The van der Waals surface area contributed by atoms with Crippen LogP contribution in [0.1, 0.15) is 36.1 Å². The van der Waals surface area contributed by atoms with Crippen LogP contribution in [0.5, 0.6) is 0 Å². The zero-order valence-corrected chi connectivity index (χ0v) is 19.5. The second-order valence-electron chi connectivity index (χ2n) is 8.79. The number of hydrogen-bond acceptors (Lipinski definition) is 9. The van der Waals surface area contributed by atoms with Crippen molar-refractivity contribution in [3.05, 3.63) is 76.9 Å². The molecule has 1 unspecified atom stereocenters. The molecule has 2 atom stereocenters. The van der Waals surface area contributed by atoms with Crippen molar-refractivity contribution in [2.24, 2.45) is 5.92 Å². The van der Waals surface area contributed by atoms with Gasteiger partial charge in [0, 0.05) is 24.9 Å². The van der Waals surface area contributed by atoms with Gasteiger partial charge in [-0.1, -0.05) is 25.1 Å². The van der Waals surface area contributed by atoms with Gasteiger partial charge in [0.05, 0.1) is 22.9 Å². The highest BCUT2D eigenvalue weighted by Crippen LogP contribution is 2.42. The zero-order chi connectivity index (χ0) is 25.0. The molecule has 0 spiro atoms. The van der Waals surface area contributed by atoms with E-state index in [0.29, 0.717) is 46.3 Å². The van der Waals surface area contributed by atoms with Crippen molar-refractivity contribution in [1.29, 1.82) is 0 Å². The van der Waals surface area contributed by atoms with Gasteiger partial charge in [-0.05, 0) is 25.1 Å². The number of carbonyl (C=O) groups is 1. The summed E-state index contributed by atoms with van der Waals surface area (Å²) in [5.41, 5.74) is 7.63. The summed E-state index contributed by atoms with van der Waals surface area (Å²) in [6.07, 6.45) is 4.56. The molecule has 0 saturated carbocycles. The van der Waals surface area contributed by atoms with Crippen LogP contribution in [0.25, 0.3) is 22.6 Å². The molecule has 180 valence electrons. The minimum atomic E-state index is -0.342. The van der Waals surface area contributed by atoms with Crippen LogP contribution in [0, 0.1) is 5.92 Å². The number of benzene rings is 1. The van der Waals surface area contributed by atoms with Gasteiger partial charge in [0.15, 0.2) is 17.4 Å². The van der Waals surface area contributed by atoms with E-state index >= 15 is 0 Å². The van der Waals surface area contributed by atoms with Gasteiger partial charge >= 0.3 is 0 Å². The topological polar surface area (TPSA) is 153 Å². The molecule has 12 nitrogen and oxygen atoms in total. The molecule has 1 fully saturated rings. The Kier molecular flexibility index (Phi) is 4.88. The maximum absolute atomic E-state index is 14.1. The van der Waals surface area contributed by atoms with E-state index in [1.54, 1.807) is 21.3 Å². The SMILES string of the molecule is CC(=O)c1cnc(N)nc1N1C[C@H](C)C1c1nn2ccc(-c3ncn[nH]3)c2c(=O)n1-c1ccccc1. The number of nitrogens with two attached hydrogens (primary N) is 1. The molecule has 0 bridgehead atoms. The smallest absolute Gasteiger partial charge is 0.283 e. The molecule has 0 radical (unpaired) electrons. The number of para-hydroxylation sites is 1. The fourth-order valence-corrected chi connectivity index (χ4v) is 4.79. The Balaban J connectivity index is 1.60. The van der Waals surface area contributed by atoms with Gasteiger partial charge in [-0.2, -0.15) is 15.2 Å². The fourth-order valence-electron chi connectivity index (χ4n) is 4.79. The number of nitrogens with one attached hydrogen (secondary N) is 1. The quantitative estimate of drug-likeness (QED) is 0.358. The molecule has 1 aliphatic heterocycles. The highest BCUT2D eigenvalue weighted by atomic mass is 16.1.